The van der Waals surface area contributed by atoms with Crippen molar-refractivity contribution in [3.63, 3.8) is 0 Å². The Balaban J connectivity index is 1.57. The van der Waals surface area contributed by atoms with E-state index in [4.69, 9.17) is 28.4 Å². The number of rotatable bonds is 38. The molecule has 0 bridgehead atoms. The summed E-state index contributed by atoms with van der Waals surface area (Å²) in [4.78, 5) is 73.2. The lowest BCUT2D eigenvalue weighted by Gasteiger charge is -2.42. The molecule has 2 aliphatic heterocycles. The van der Waals surface area contributed by atoms with Crippen LogP contribution in [0.15, 0.2) is 0 Å². The van der Waals surface area contributed by atoms with E-state index >= 15 is 0 Å². The lowest BCUT2D eigenvalue weighted by Crippen LogP contribution is -2.64. The molecule has 2 saturated heterocycles. The fourth-order valence-electron chi connectivity index (χ4n) is 7.84. The van der Waals surface area contributed by atoms with Crippen molar-refractivity contribution in [2.75, 3.05) is 79.5 Å². The predicted molar refractivity (Wildman–Crippen MR) is 269 cm³/mol. The molecule has 75 heavy (non-hydrogen) atoms. The number of nitrogens with one attached hydrogen (secondary N) is 7. The van der Waals surface area contributed by atoms with Gasteiger partial charge in [0, 0.05) is 78.9 Å². The molecule has 0 spiro atoms. The number of aliphatic hydroxyl groups excluding tert-OH is 7. The Morgan fingerprint density at radius 3 is 1.16 bits per heavy atom. The van der Waals surface area contributed by atoms with Crippen LogP contribution in [0, 0.1) is 0 Å². The Hall–Kier alpha value is -3.74. The average molecular weight is 1080 g/mol. The number of hydrogen-bond donors (Lipinski definition) is 14. The number of carbonyl (C=O) groups is 6. The van der Waals surface area contributed by atoms with Crippen LogP contribution in [-0.2, 0) is 57.2 Å². The monoisotopic (exact) mass is 1080 g/mol. The van der Waals surface area contributed by atoms with E-state index in [1.165, 1.54) is 13.8 Å². The number of unbranched alkanes of at least 4 members (excludes halogenated alkanes) is 2. The van der Waals surface area contributed by atoms with Crippen molar-refractivity contribution in [1.82, 2.24) is 37.2 Å². The van der Waals surface area contributed by atoms with E-state index < -0.39 is 103 Å². The number of aliphatic hydroxyl groups is 7. The van der Waals surface area contributed by atoms with Gasteiger partial charge in [-0.15, -0.1) is 0 Å². The van der Waals surface area contributed by atoms with Gasteiger partial charge in [-0.25, -0.2) is 0 Å². The smallest absolute Gasteiger partial charge is 0.220 e. The fourth-order valence-corrected chi connectivity index (χ4v) is 7.84. The molecular formula is C49H91N7O19. The summed E-state index contributed by atoms with van der Waals surface area (Å²) in [6.07, 6.45) is -5.53. The van der Waals surface area contributed by atoms with Crippen LogP contribution in [0.2, 0.25) is 0 Å². The van der Waals surface area contributed by atoms with E-state index in [0.717, 1.165) is 0 Å². The SMILES string of the molecule is CNC(CO)(COC(C)(C)CCC(=O)NCCCNC(=O)CCCCO[C@@H]1OC(CO)[C@H](O)C(O)C1NC(C)=O)COC(C)(C)CCC(=O)NCCCNC(=O)CCCCO[C@@H]1OC(CO)[C@H](O)C(O)C1NC(C)=O. The Kier molecular flexibility index (Phi) is 31.4. The Morgan fingerprint density at radius 1 is 0.507 bits per heavy atom. The van der Waals surface area contributed by atoms with Crippen molar-refractivity contribution >= 4 is 35.4 Å². The van der Waals surface area contributed by atoms with E-state index in [-0.39, 0.29) is 82.3 Å². The van der Waals surface area contributed by atoms with Gasteiger partial charge in [0.15, 0.2) is 12.6 Å². The maximum absolute atomic E-state index is 12.7. The second-order valence-corrected chi connectivity index (χ2v) is 20.4. The topological polar surface area (TPSA) is 384 Å². The van der Waals surface area contributed by atoms with Crippen molar-refractivity contribution < 1.29 is 92.9 Å². The molecule has 0 aromatic rings. The van der Waals surface area contributed by atoms with Gasteiger partial charge in [0.25, 0.3) is 0 Å². The quantitative estimate of drug-likeness (QED) is 0.0268. The summed E-state index contributed by atoms with van der Waals surface area (Å²) < 4.78 is 34.8. The van der Waals surface area contributed by atoms with Gasteiger partial charge in [-0.05, 0) is 86.1 Å². The lowest BCUT2D eigenvalue weighted by molar-refractivity contribution is -0.270. The first-order valence-electron chi connectivity index (χ1n) is 26.1. The molecule has 0 aromatic heterocycles. The largest absolute Gasteiger partial charge is 0.394 e. The van der Waals surface area contributed by atoms with Crippen LogP contribution in [0.5, 0.6) is 0 Å². The van der Waals surface area contributed by atoms with Crippen molar-refractivity contribution in [2.24, 2.45) is 0 Å². The van der Waals surface area contributed by atoms with Gasteiger partial charge < -0.3 is 101 Å². The summed E-state index contributed by atoms with van der Waals surface area (Å²) >= 11 is 0. The zero-order valence-corrected chi connectivity index (χ0v) is 45.1. The van der Waals surface area contributed by atoms with Gasteiger partial charge in [-0.3, -0.25) is 28.8 Å². The van der Waals surface area contributed by atoms with Crippen LogP contribution in [0.25, 0.3) is 0 Å². The molecule has 436 valence electrons. The minimum absolute atomic E-state index is 0.0685. The third-order valence-corrected chi connectivity index (χ3v) is 12.9. The van der Waals surface area contributed by atoms with Crippen LogP contribution in [-0.4, -0.2) is 229 Å². The van der Waals surface area contributed by atoms with Gasteiger partial charge in [0.1, 0.15) is 48.7 Å². The summed E-state index contributed by atoms with van der Waals surface area (Å²) in [6, 6.07) is -2.08. The molecule has 26 heteroatoms. The van der Waals surface area contributed by atoms with Crippen LogP contribution >= 0.6 is 0 Å². The van der Waals surface area contributed by atoms with Crippen molar-refractivity contribution in [3.8, 4) is 0 Å². The average Bonchev–Trinajstić information content (AvgIpc) is 3.36. The zero-order valence-electron chi connectivity index (χ0n) is 45.1. The zero-order chi connectivity index (χ0) is 56.2. The molecule has 0 aliphatic carbocycles. The predicted octanol–water partition coefficient (Wildman–Crippen LogP) is -3.41. The van der Waals surface area contributed by atoms with E-state index in [9.17, 15) is 64.5 Å². The number of ether oxygens (including phenoxy) is 6. The van der Waals surface area contributed by atoms with Crippen LogP contribution in [0.1, 0.15) is 119 Å². The van der Waals surface area contributed by atoms with Gasteiger partial charge in [0.05, 0.1) is 49.8 Å². The maximum atomic E-state index is 12.7. The molecule has 26 nitrogen and oxygen atoms in total. The van der Waals surface area contributed by atoms with E-state index in [0.29, 0.717) is 77.5 Å². The highest BCUT2D eigenvalue weighted by molar-refractivity contribution is 5.77. The normalized spacial score (nSPS) is 24.9. The molecular weight excluding hydrogens is 991 g/mol. The number of carbonyl (C=O) groups excluding carboxylic acids is 6. The van der Waals surface area contributed by atoms with Crippen LogP contribution in [0.4, 0.5) is 0 Å². The first-order valence-corrected chi connectivity index (χ1v) is 26.1. The minimum atomic E-state index is -1.41. The van der Waals surface area contributed by atoms with Crippen molar-refractivity contribution in [3.05, 3.63) is 0 Å². The fraction of sp³-hybridized carbons (Fsp3) is 0.878. The molecule has 2 fully saturated rings. The van der Waals surface area contributed by atoms with Gasteiger partial charge in [-0.2, -0.15) is 0 Å². The number of amides is 6. The molecule has 2 rings (SSSR count). The van der Waals surface area contributed by atoms with E-state index in [2.05, 4.69) is 37.2 Å². The van der Waals surface area contributed by atoms with Crippen LogP contribution < -0.4 is 37.2 Å². The summed E-state index contributed by atoms with van der Waals surface area (Å²) in [6.45, 7) is 10.3. The Morgan fingerprint density at radius 2 is 0.853 bits per heavy atom. The highest BCUT2D eigenvalue weighted by Crippen LogP contribution is 2.26. The van der Waals surface area contributed by atoms with Crippen molar-refractivity contribution in [1.29, 1.82) is 0 Å². The number of hydrogen-bond acceptors (Lipinski definition) is 20. The van der Waals surface area contributed by atoms with E-state index in [1.54, 1.807) is 7.05 Å². The van der Waals surface area contributed by atoms with Crippen molar-refractivity contribution in [2.45, 2.75) is 197 Å². The molecule has 6 amide bonds. The molecule has 2 heterocycles. The molecule has 10 atom stereocenters. The van der Waals surface area contributed by atoms with Gasteiger partial charge in [0.2, 0.25) is 35.4 Å². The van der Waals surface area contributed by atoms with Crippen LogP contribution in [0.3, 0.4) is 0 Å². The third kappa shape index (κ3) is 26.0. The molecule has 0 saturated carbocycles. The van der Waals surface area contributed by atoms with E-state index in [1.807, 2.05) is 27.7 Å². The molecule has 14 N–H and O–H groups in total. The van der Waals surface area contributed by atoms with Gasteiger partial charge in [-0.1, -0.05) is 0 Å². The summed E-state index contributed by atoms with van der Waals surface area (Å²) in [5.74, 6) is -1.63. The standard InChI is InChI=1S/C49H91N7O19/c1-31(60)55-39-43(68)41(66)33(26-57)74-45(39)70-24-10-8-14-35(62)51-20-12-22-53-37(64)16-18-47(3,4)72-29-49(28-59,50-7)30-73-48(5,6)19-17-38(65)54-23-13-21-52-36(63)15-9-11-25-71-46-40(56-32(2)61)44(69)42(67)34(27-58)75-46/h33-34,39-46,50,57-59,66-69H,8-30H2,1-7H3,(H,51,62)(H,52,63)(H,53,64)(H,54,65)(H,55,60)(H,56,61)/t33?,34?,39?,40?,41-,42-,43?,44?,45+,46+,49?/m0/s1. The lowest BCUT2D eigenvalue weighted by atomic mass is 9.97. The minimum Gasteiger partial charge on any atom is -0.394 e. The second-order valence-electron chi connectivity index (χ2n) is 20.4. The Bertz CT molecular complexity index is 1600. The first kappa shape index (κ1) is 67.4. The molecule has 2 aliphatic rings. The maximum Gasteiger partial charge on any atom is 0.220 e. The first-order chi connectivity index (χ1) is 35.4. The summed E-state index contributed by atoms with van der Waals surface area (Å²) in [7, 11) is 1.69. The molecule has 0 aromatic carbocycles. The highest BCUT2D eigenvalue weighted by Gasteiger charge is 2.46. The third-order valence-electron chi connectivity index (χ3n) is 12.9. The molecule has 6 unspecified atom stereocenters. The van der Waals surface area contributed by atoms with Gasteiger partial charge >= 0.3 is 0 Å². The summed E-state index contributed by atoms with van der Waals surface area (Å²) in [5, 5.41) is 89.8. The Labute approximate surface area is 440 Å². The summed E-state index contributed by atoms with van der Waals surface area (Å²) in [5.41, 5.74) is -2.44. The molecule has 0 radical (unpaired) electrons. The second kappa shape index (κ2) is 34.9. The number of likely N-dealkylation sites (N-methyl/N-ethyl adjacent to an activating group) is 1. The highest BCUT2D eigenvalue weighted by atomic mass is 16.7.